The van der Waals surface area contributed by atoms with Gasteiger partial charge in [0, 0.05) is 26.2 Å². The van der Waals surface area contributed by atoms with Crippen LogP contribution in [0.5, 0.6) is 0 Å². The summed E-state index contributed by atoms with van der Waals surface area (Å²) in [6.07, 6.45) is 1.65. The van der Waals surface area contributed by atoms with Crippen molar-refractivity contribution in [2.45, 2.75) is 19.4 Å². The van der Waals surface area contributed by atoms with E-state index in [0.29, 0.717) is 4.99 Å². The summed E-state index contributed by atoms with van der Waals surface area (Å²) in [7, 11) is 0. The van der Waals surface area contributed by atoms with E-state index in [4.69, 9.17) is 18.0 Å². The molecule has 0 radical (unpaired) electrons. The van der Waals surface area contributed by atoms with Gasteiger partial charge in [0.2, 0.25) is 0 Å². The number of fused-ring (bicyclic) bond motifs is 1. The lowest BCUT2D eigenvalue weighted by molar-refractivity contribution is 0.168. The molecule has 2 aromatic heterocycles. The number of aromatic nitrogens is 2. The van der Waals surface area contributed by atoms with Gasteiger partial charge in [0.1, 0.15) is 12.1 Å². The number of anilines is 1. The van der Waals surface area contributed by atoms with Crippen LogP contribution in [-0.2, 0) is 0 Å². The van der Waals surface area contributed by atoms with Crippen LogP contribution in [0.2, 0.25) is 0 Å². The van der Waals surface area contributed by atoms with Gasteiger partial charge in [-0.1, -0.05) is 12.2 Å². The maximum absolute atomic E-state index is 5.86. The van der Waals surface area contributed by atoms with Crippen molar-refractivity contribution in [3.05, 3.63) is 17.8 Å². The Morgan fingerprint density at radius 3 is 2.67 bits per heavy atom. The standard InChI is InChI=1S/C14H19N5S2/c1-14(2,13(15)20)19-6-4-18(5-7-19)12-11-10(3-8-21-11)16-9-17-12/h3,8-9H,4-7H2,1-2H3,(H2,15,20). The van der Waals surface area contributed by atoms with E-state index in [-0.39, 0.29) is 5.54 Å². The molecule has 0 aliphatic carbocycles. The Morgan fingerprint density at radius 2 is 2.00 bits per heavy atom. The molecule has 3 heterocycles. The quantitative estimate of drug-likeness (QED) is 0.871. The van der Waals surface area contributed by atoms with Crippen molar-refractivity contribution < 1.29 is 0 Å². The van der Waals surface area contributed by atoms with Crippen molar-refractivity contribution in [1.82, 2.24) is 14.9 Å². The van der Waals surface area contributed by atoms with Crippen molar-refractivity contribution in [3.8, 4) is 0 Å². The van der Waals surface area contributed by atoms with E-state index in [2.05, 4.69) is 39.0 Å². The van der Waals surface area contributed by atoms with Crippen LogP contribution in [0, 0.1) is 0 Å². The zero-order valence-electron chi connectivity index (χ0n) is 12.2. The number of hydrogen-bond acceptors (Lipinski definition) is 6. The second-order valence-electron chi connectivity index (χ2n) is 5.73. The third-order valence-electron chi connectivity index (χ3n) is 4.20. The first-order chi connectivity index (χ1) is 10.00. The fourth-order valence-electron chi connectivity index (χ4n) is 2.63. The second-order valence-corrected chi connectivity index (χ2v) is 7.09. The lowest BCUT2D eigenvalue weighted by Gasteiger charge is -2.43. The molecule has 5 nitrogen and oxygen atoms in total. The van der Waals surface area contributed by atoms with Crippen LogP contribution >= 0.6 is 23.6 Å². The fraction of sp³-hybridized carbons (Fsp3) is 0.500. The molecule has 112 valence electrons. The van der Waals surface area contributed by atoms with Crippen molar-refractivity contribution >= 4 is 44.6 Å². The second kappa shape index (κ2) is 5.47. The van der Waals surface area contributed by atoms with E-state index in [1.165, 1.54) is 4.70 Å². The molecule has 0 saturated carbocycles. The van der Waals surface area contributed by atoms with Crippen molar-refractivity contribution in [1.29, 1.82) is 0 Å². The SMILES string of the molecule is CC(C)(C(N)=S)N1CCN(c2ncnc3ccsc23)CC1. The highest BCUT2D eigenvalue weighted by Crippen LogP contribution is 2.29. The lowest BCUT2D eigenvalue weighted by atomic mass is 10.0. The molecule has 7 heteroatoms. The van der Waals surface area contributed by atoms with Crippen LogP contribution in [0.4, 0.5) is 5.82 Å². The van der Waals surface area contributed by atoms with Crippen LogP contribution in [0.3, 0.4) is 0 Å². The number of thiophene rings is 1. The number of thiocarbonyl (C=S) groups is 1. The van der Waals surface area contributed by atoms with Gasteiger partial charge in [-0.25, -0.2) is 9.97 Å². The molecular weight excluding hydrogens is 302 g/mol. The predicted octanol–water partition coefficient (Wildman–Crippen LogP) is 1.88. The summed E-state index contributed by atoms with van der Waals surface area (Å²) in [6, 6.07) is 2.04. The molecule has 21 heavy (non-hydrogen) atoms. The Bertz CT molecular complexity index is 658. The van der Waals surface area contributed by atoms with Crippen LogP contribution in [-0.4, -0.2) is 51.6 Å². The van der Waals surface area contributed by atoms with Crippen molar-refractivity contribution in [2.24, 2.45) is 5.73 Å². The molecule has 3 rings (SSSR count). The predicted molar refractivity (Wildman–Crippen MR) is 92.1 cm³/mol. The largest absolute Gasteiger partial charge is 0.392 e. The summed E-state index contributed by atoms with van der Waals surface area (Å²) < 4.78 is 1.17. The minimum absolute atomic E-state index is 0.231. The van der Waals surface area contributed by atoms with Crippen molar-refractivity contribution in [3.63, 3.8) is 0 Å². The number of nitrogens with zero attached hydrogens (tertiary/aromatic N) is 4. The van der Waals surface area contributed by atoms with Crippen LogP contribution in [0.15, 0.2) is 17.8 Å². The van der Waals surface area contributed by atoms with Gasteiger partial charge < -0.3 is 10.6 Å². The normalized spacial score (nSPS) is 17.3. The van der Waals surface area contributed by atoms with Gasteiger partial charge in [-0.05, 0) is 25.3 Å². The van der Waals surface area contributed by atoms with Gasteiger partial charge in [0.05, 0.1) is 20.7 Å². The molecule has 1 fully saturated rings. The topological polar surface area (TPSA) is 58.3 Å². The molecule has 0 bridgehead atoms. The lowest BCUT2D eigenvalue weighted by Crippen LogP contribution is -2.59. The van der Waals surface area contributed by atoms with Crippen molar-refractivity contribution in [2.75, 3.05) is 31.1 Å². The first kappa shape index (κ1) is 14.6. The van der Waals surface area contributed by atoms with Gasteiger partial charge in [0.15, 0.2) is 0 Å². The number of rotatable bonds is 3. The maximum atomic E-state index is 5.86. The molecule has 0 aromatic carbocycles. The summed E-state index contributed by atoms with van der Waals surface area (Å²) in [4.78, 5) is 14.0. The molecule has 0 spiro atoms. The highest BCUT2D eigenvalue weighted by Gasteiger charge is 2.32. The molecule has 1 saturated heterocycles. The highest BCUT2D eigenvalue weighted by molar-refractivity contribution is 7.80. The summed E-state index contributed by atoms with van der Waals surface area (Å²) in [5, 5.41) is 2.06. The maximum Gasteiger partial charge on any atom is 0.150 e. The molecule has 1 aliphatic rings. The van der Waals surface area contributed by atoms with Gasteiger partial charge >= 0.3 is 0 Å². The molecule has 2 aromatic rings. The van der Waals surface area contributed by atoms with E-state index in [0.717, 1.165) is 37.5 Å². The first-order valence-corrected chi connectivity index (χ1v) is 8.27. The van der Waals surface area contributed by atoms with E-state index in [1.807, 2.05) is 6.07 Å². The minimum Gasteiger partial charge on any atom is -0.392 e. The monoisotopic (exact) mass is 321 g/mol. The number of nitrogens with two attached hydrogens (primary N) is 1. The minimum atomic E-state index is -0.231. The molecule has 2 N–H and O–H groups in total. The smallest absolute Gasteiger partial charge is 0.150 e. The number of hydrogen-bond donors (Lipinski definition) is 1. The molecule has 1 aliphatic heterocycles. The van der Waals surface area contributed by atoms with E-state index >= 15 is 0 Å². The zero-order chi connectivity index (χ0) is 15.0. The molecule has 0 amide bonds. The average molecular weight is 321 g/mol. The summed E-state index contributed by atoms with van der Waals surface area (Å²) >= 11 is 6.89. The first-order valence-electron chi connectivity index (χ1n) is 6.98. The van der Waals surface area contributed by atoms with Gasteiger partial charge in [-0.15, -0.1) is 11.3 Å². The van der Waals surface area contributed by atoms with Crippen LogP contribution in [0.25, 0.3) is 10.2 Å². The summed E-state index contributed by atoms with van der Waals surface area (Å²) in [5.74, 6) is 1.04. The third-order valence-corrected chi connectivity index (χ3v) is 5.60. The Kier molecular flexibility index (Phi) is 3.81. The Labute approximate surface area is 133 Å². The van der Waals surface area contributed by atoms with E-state index < -0.39 is 0 Å². The van der Waals surface area contributed by atoms with Crippen LogP contribution < -0.4 is 10.6 Å². The average Bonchev–Trinajstić information content (AvgIpc) is 2.95. The Balaban J connectivity index is 1.77. The molecular formula is C14H19N5S2. The Hall–Kier alpha value is -1.31. The van der Waals surface area contributed by atoms with Gasteiger partial charge in [-0.2, -0.15) is 0 Å². The zero-order valence-corrected chi connectivity index (χ0v) is 13.9. The highest BCUT2D eigenvalue weighted by atomic mass is 32.1. The van der Waals surface area contributed by atoms with E-state index in [9.17, 15) is 0 Å². The number of piperazine rings is 1. The Morgan fingerprint density at radius 1 is 1.29 bits per heavy atom. The summed E-state index contributed by atoms with van der Waals surface area (Å²) in [5.41, 5.74) is 6.66. The van der Waals surface area contributed by atoms with E-state index in [1.54, 1.807) is 17.7 Å². The fourth-order valence-corrected chi connectivity index (χ4v) is 3.63. The van der Waals surface area contributed by atoms with Gasteiger partial charge in [0.25, 0.3) is 0 Å². The summed E-state index contributed by atoms with van der Waals surface area (Å²) in [6.45, 7) is 7.90. The molecule has 0 unspecified atom stereocenters. The third kappa shape index (κ3) is 2.61. The van der Waals surface area contributed by atoms with Crippen LogP contribution in [0.1, 0.15) is 13.8 Å². The molecule has 0 atom stereocenters. The van der Waals surface area contributed by atoms with Gasteiger partial charge in [-0.3, -0.25) is 4.90 Å².